The van der Waals surface area contributed by atoms with Crippen molar-refractivity contribution in [3.8, 4) is 11.4 Å². The highest BCUT2D eigenvalue weighted by Crippen LogP contribution is 2.41. The van der Waals surface area contributed by atoms with E-state index in [1.165, 1.54) is 0 Å². The van der Waals surface area contributed by atoms with E-state index in [4.69, 9.17) is 0 Å². The fourth-order valence-electron chi connectivity index (χ4n) is 3.85. The highest BCUT2D eigenvalue weighted by molar-refractivity contribution is 5.95. The first kappa shape index (κ1) is 21.3. The second kappa shape index (κ2) is 7.98. The summed E-state index contributed by atoms with van der Waals surface area (Å²) in [6, 6.07) is 1.77. The van der Waals surface area contributed by atoms with Gasteiger partial charge < -0.3 is 15.5 Å². The molecule has 7 nitrogen and oxygen atoms in total. The van der Waals surface area contributed by atoms with Gasteiger partial charge in [-0.25, -0.2) is 23.7 Å². The summed E-state index contributed by atoms with van der Waals surface area (Å²) in [6.07, 6.45) is -7.10. The molecule has 166 valence electrons. The number of piperazine rings is 1. The van der Waals surface area contributed by atoms with Gasteiger partial charge in [0.05, 0.1) is 22.9 Å². The van der Waals surface area contributed by atoms with Gasteiger partial charge in [0, 0.05) is 37.7 Å². The molecule has 0 spiro atoms. The molecule has 2 N–H and O–H groups in total. The summed E-state index contributed by atoms with van der Waals surface area (Å²) in [5, 5.41) is 5.59. The van der Waals surface area contributed by atoms with Gasteiger partial charge in [-0.15, -0.1) is 0 Å². The number of fused-ring (bicyclic) bond motifs is 1. The first-order chi connectivity index (χ1) is 14.6. The van der Waals surface area contributed by atoms with Gasteiger partial charge in [0.1, 0.15) is 18.0 Å². The molecule has 2 aliphatic heterocycles. The van der Waals surface area contributed by atoms with Gasteiger partial charge in [0.2, 0.25) is 12.3 Å². The fourth-order valence-corrected chi connectivity index (χ4v) is 3.85. The maximum Gasteiger partial charge on any atom is 0.416 e. The highest BCUT2D eigenvalue weighted by atomic mass is 19.4. The van der Waals surface area contributed by atoms with Gasteiger partial charge in [-0.2, -0.15) is 13.2 Å². The number of hydrogen-bond donors (Lipinski definition) is 2. The van der Waals surface area contributed by atoms with Crippen molar-refractivity contribution in [2.75, 3.05) is 29.9 Å². The van der Waals surface area contributed by atoms with Crippen molar-refractivity contribution in [3.63, 3.8) is 0 Å². The van der Waals surface area contributed by atoms with Crippen molar-refractivity contribution in [3.05, 3.63) is 29.6 Å². The summed E-state index contributed by atoms with van der Waals surface area (Å²) < 4.78 is 68.3. The molecule has 0 aromatic carbocycles. The third kappa shape index (κ3) is 4.29. The Kier molecular flexibility index (Phi) is 5.50. The quantitative estimate of drug-likeness (QED) is 0.712. The topological polar surface area (TPSA) is 83.0 Å². The molecule has 4 rings (SSSR count). The molecule has 2 aliphatic rings. The van der Waals surface area contributed by atoms with Crippen LogP contribution in [0, 0.1) is 0 Å². The van der Waals surface area contributed by atoms with E-state index in [0.29, 0.717) is 19.6 Å². The zero-order valence-electron chi connectivity index (χ0n) is 16.4. The largest absolute Gasteiger partial charge is 0.416 e. The molecule has 0 saturated carbocycles. The van der Waals surface area contributed by atoms with E-state index >= 15 is 0 Å². The van der Waals surface area contributed by atoms with E-state index in [9.17, 15) is 26.7 Å². The van der Waals surface area contributed by atoms with Crippen molar-refractivity contribution in [1.29, 1.82) is 0 Å². The van der Waals surface area contributed by atoms with Gasteiger partial charge >= 0.3 is 6.18 Å². The Morgan fingerprint density at radius 1 is 1.23 bits per heavy atom. The molecule has 0 bridgehead atoms. The lowest BCUT2D eigenvalue weighted by Gasteiger charge is -2.33. The number of pyridine rings is 1. The zero-order chi connectivity index (χ0) is 22.3. The van der Waals surface area contributed by atoms with E-state index in [-0.39, 0.29) is 34.6 Å². The Hall–Kier alpha value is -2.89. The minimum absolute atomic E-state index is 0.0405. The Labute approximate surface area is 174 Å². The Bertz CT molecular complexity index is 998. The number of amides is 1. The molecule has 0 radical (unpaired) electrons. The van der Waals surface area contributed by atoms with Crippen molar-refractivity contribution in [1.82, 2.24) is 20.3 Å². The van der Waals surface area contributed by atoms with E-state index in [0.717, 1.165) is 18.5 Å². The van der Waals surface area contributed by atoms with Crippen LogP contribution in [0.3, 0.4) is 0 Å². The van der Waals surface area contributed by atoms with Crippen LogP contribution in [-0.4, -0.2) is 53.0 Å². The molecule has 0 unspecified atom stereocenters. The summed E-state index contributed by atoms with van der Waals surface area (Å²) in [4.78, 5) is 25.7. The van der Waals surface area contributed by atoms with Crippen LogP contribution < -0.4 is 15.5 Å². The van der Waals surface area contributed by atoms with Crippen LogP contribution >= 0.6 is 0 Å². The van der Waals surface area contributed by atoms with Crippen LogP contribution in [-0.2, 0) is 11.0 Å². The smallest absolute Gasteiger partial charge is 0.354 e. The van der Waals surface area contributed by atoms with Crippen LogP contribution in [0.1, 0.15) is 30.4 Å². The molecular weight excluding hydrogens is 423 g/mol. The predicted octanol–water partition coefficient (Wildman–Crippen LogP) is 3.05. The van der Waals surface area contributed by atoms with Crippen LogP contribution in [0.2, 0.25) is 0 Å². The molecule has 12 heteroatoms. The first-order valence-electron chi connectivity index (χ1n) is 9.64. The summed E-state index contributed by atoms with van der Waals surface area (Å²) in [5.41, 5.74) is -1.41. The fraction of sp³-hybridized carbons (Fsp3) is 0.474. The van der Waals surface area contributed by atoms with Gasteiger partial charge in [0.15, 0.2) is 0 Å². The molecule has 2 aromatic rings. The Balaban J connectivity index is 1.88. The lowest BCUT2D eigenvalue weighted by Crippen LogP contribution is -2.49. The van der Waals surface area contributed by atoms with Crippen LogP contribution in [0.4, 0.5) is 33.6 Å². The van der Waals surface area contributed by atoms with Crippen LogP contribution in [0.15, 0.2) is 18.5 Å². The van der Waals surface area contributed by atoms with Gasteiger partial charge in [0.25, 0.3) is 0 Å². The van der Waals surface area contributed by atoms with Crippen molar-refractivity contribution in [2.45, 2.75) is 37.9 Å². The van der Waals surface area contributed by atoms with Crippen molar-refractivity contribution < 1.29 is 26.7 Å². The number of hydrogen-bond acceptors (Lipinski definition) is 6. The maximum atomic E-state index is 13.7. The van der Waals surface area contributed by atoms with E-state index in [2.05, 4.69) is 25.6 Å². The monoisotopic (exact) mass is 442 g/mol. The molecule has 31 heavy (non-hydrogen) atoms. The molecule has 1 fully saturated rings. The summed E-state index contributed by atoms with van der Waals surface area (Å²) >= 11 is 0. The first-order valence-corrected chi connectivity index (χ1v) is 9.64. The standard InChI is InChI=1S/C19H19F5N6O/c1-9-7-30(3-2-25-9)13-5-10(19(22,23)24)4-12(28-13)16-15-11(17(20)21)6-14(31)29-18(15)27-8-26-16/h4-5,8-9,11,17,25H,2-3,6-7H2,1H3,(H,26,27,29,31)/t9-,11-/m0/s1. The number of halogens is 5. The van der Waals surface area contributed by atoms with Crippen molar-refractivity contribution in [2.24, 2.45) is 0 Å². The molecule has 1 amide bonds. The second-order valence-electron chi connectivity index (χ2n) is 7.58. The van der Waals surface area contributed by atoms with Crippen LogP contribution in [0.25, 0.3) is 11.4 Å². The second-order valence-corrected chi connectivity index (χ2v) is 7.58. The number of alkyl halides is 5. The summed E-state index contributed by atoms with van der Waals surface area (Å²) in [7, 11) is 0. The number of nitrogens with one attached hydrogen (secondary N) is 2. The summed E-state index contributed by atoms with van der Waals surface area (Å²) in [5.74, 6) is -2.24. The SMILES string of the molecule is C[C@H]1CN(c2cc(C(F)(F)F)cc(-c3ncnc4c3[C@@H](C(F)F)CC(=O)N4)n2)CCN1. The number of aromatic nitrogens is 3. The minimum atomic E-state index is -4.67. The van der Waals surface area contributed by atoms with Crippen LogP contribution in [0.5, 0.6) is 0 Å². The zero-order valence-corrected chi connectivity index (χ0v) is 16.4. The van der Waals surface area contributed by atoms with Gasteiger partial charge in [-0.05, 0) is 19.1 Å². The number of carbonyl (C=O) groups excluding carboxylic acids is 1. The third-order valence-electron chi connectivity index (χ3n) is 5.30. The molecule has 1 saturated heterocycles. The maximum absolute atomic E-state index is 13.7. The van der Waals surface area contributed by atoms with Crippen molar-refractivity contribution >= 4 is 17.5 Å². The lowest BCUT2D eigenvalue weighted by molar-refractivity contribution is -0.137. The summed E-state index contributed by atoms with van der Waals surface area (Å²) in [6.45, 7) is 3.34. The minimum Gasteiger partial charge on any atom is -0.354 e. The number of nitrogens with zero attached hydrogens (tertiary/aromatic N) is 4. The van der Waals surface area contributed by atoms with Gasteiger partial charge in [-0.3, -0.25) is 4.79 Å². The molecule has 4 heterocycles. The number of carbonyl (C=O) groups is 1. The predicted molar refractivity (Wildman–Crippen MR) is 102 cm³/mol. The molecule has 2 aromatic heterocycles. The third-order valence-corrected chi connectivity index (χ3v) is 5.30. The number of rotatable bonds is 3. The average molecular weight is 442 g/mol. The Morgan fingerprint density at radius 2 is 2.00 bits per heavy atom. The molecular formula is C19H19F5N6O. The highest BCUT2D eigenvalue weighted by Gasteiger charge is 2.38. The van der Waals surface area contributed by atoms with E-state index in [1.807, 2.05) is 6.92 Å². The normalized spacial score (nSPS) is 21.8. The van der Waals surface area contributed by atoms with Gasteiger partial charge in [-0.1, -0.05) is 0 Å². The van der Waals surface area contributed by atoms with E-state index in [1.54, 1.807) is 4.90 Å². The number of anilines is 2. The Morgan fingerprint density at radius 3 is 2.68 bits per heavy atom. The van der Waals surface area contributed by atoms with E-state index < -0.39 is 36.4 Å². The lowest BCUT2D eigenvalue weighted by atomic mass is 9.90. The average Bonchev–Trinajstić information content (AvgIpc) is 2.71. The molecule has 0 aliphatic carbocycles. The molecule has 2 atom stereocenters.